The van der Waals surface area contributed by atoms with Crippen molar-refractivity contribution < 1.29 is 14.6 Å². The number of hydrogen-bond acceptors (Lipinski definition) is 6. The monoisotopic (exact) mass is 712 g/mol. The number of aryl methyl sites for hydroxylation is 1. The minimum Gasteiger partial charge on any atom is -0.385 e. The molecule has 0 unspecified atom stereocenters. The number of aromatic nitrogens is 4. The van der Waals surface area contributed by atoms with E-state index in [0.717, 1.165) is 67.2 Å². The Balaban J connectivity index is 0.00000234. The number of ether oxygens (including phenoxy) is 1. The first kappa shape index (κ1) is 37.1. The van der Waals surface area contributed by atoms with Gasteiger partial charge in [0.05, 0.1) is 35.7 Å². The zero-order chi connectivity index (χ0) is 32.4. The summed E-state index contributed by atoms with van der Waals surface area (Å²) in [6, 6.07) is 17.9. The molecular formula is C37H50Cl2N6O4. The summed E-state index contributed by atoms with van der Waals surface area (Å²) < 4.78 is 11.5. The standard InChI is InChI=1S/C37H48N6O4.2ClH/c1-47-25-37(46)20-11-10-18-32(37)42-26-39-33(34(42)27-12-4-2-5-13-27)35(44)40-23-21-38-24-29(40)19-22-41-30-16-8-9-17-31(30)43(36(41)45)28-14-6-3-7-15-28;;/h2,4-5,8-9,12-13,16-17,26,28-29,32,38,46H,3,6-7,10-11,14-15,18-25H2,1H3;2*1H/t29-,32-,37-;;/m1../s1. The van der Waals surface area contributed by atoms with Gasteiger partial charge in [0, 0.05) is 50.9 Å². The van der Waals surface area contributed by atoms with Crippen LogP contribution in [0.5, 0.6) is 0 Å². The molecular weight excluding hydrogens is 663 g/mol. The van der Waals surface area contributed by atoms with Gasteiger partial charge in [-0.3, -0.25) is 13.9 Å². The molecule has 4 aromatic rings. The van der Waals surface area contributed by atoms with Crippen molar-refractivity contribution in [1.29, 1.82) is 0 Å². The van der Waals surface area contributed by atoms with E-state index >= 15 is 0 Å². The van der Waals surface area contributed by atoms with Crippen molar-refractivity contribution in [3.8, 4) is 11.3 Å². The third-order valence-electron chi connectivity index (χ3n) is 10.8. The largest absolute Gasteiger partial charge is 0.385 e. The van der Waals surface area contributed by atoms with Crippen molar-refractivity contribution >= 4 is 41.8 Å². The molecule has 10 nitrogen and oxygen atoms in total. The number of hydrogen-bond donors (Lipinski definition) is 2. The van der Waals surface area contributed by atoms with Crippen molar-refractivity contribution in [2.24, 2.45) is 0 Å². The quantitative estimate of drug-likeness (QED) is 0.220. The van der Waals surface area contributed by atoms with Gasteiger partial charge in [-0.05, 0) is 44.2 Å². The molecule has 1 saturated heterocycles. The minimum atomic E-state index is -1.04. The highest BCUT2D eigenvalue weighted by atomic mass is 35.5. The van der Waals surface area contributed by atoms with Gasteiger partial charge in [0.25, 0.3) is 5.91 Å². The molecule has 49 heavy (non-hydrogen) atoms. The van der Waals surface area contributed by atoms with Gasteiger partial charge >= 0.3 is 5.69 Å². The molecule has 266 valence electrons. The van der Waals surface area contributed by atoms with E-state index < -0.39 is 5.60 Å². The fraction of sp³-hybridized carbons (Fsp3) is 0.541. The molecule has 12 heteroatoms. The summed E-state index contributed by atoms with van der Waals surface area (Å²) in [4.78, 5) is 35.2. The Morgan fingerprint density at radius 1 is 0.980 bits per heavy atom. The number of para-hydroxylation sites is 2. The van der Waals surface area contributed by atoms with Crippen LogP contribution in [0.1, 0.15) is 86.8 Å². The molecule has 1 aliphatic heterocycles. The zero-order valence-corrected chi connectivity index (χ0v) is 30.0. The molecule has 1 amide bonds. The number of nitrogens with one attached hydrogen (secondary N) is 1. The van der Waals surface area contributed by atoms with E-state index in [9.17, 15) is 14.7 Å². The number of piperazine rings is 1. The number of halogens is 2. The summed E-state index contributed by atoms with van der Waals surface area (Å²) in [5, 5.41) is 15.2. The van der Waals surface area contributed by atoms with Crippen molar-refractivity contribution in [3.05, 3.63) is 77.1 Å². The second kappa shape index (κ2) is 16.2. The Morgan fingerprint density at radius 3 is 2.45 bits per heavy atom. The van der Waals surface area contributed by atoms with E-state index in [1.54, 1.807) is 13.4 Å². The van der Waals surface area contributed by atoms with E-state index in [1.165, 1.54) is 6.42 Å². The lowest BCUT2D eigenvalue weighted by Gasteiger charge is -2.41. The van der Waals surface area contributed by atoms with Crippen LogP contribution in [0.2, 0.25) is 0 Å². The summed E-state index contributed by atoms with van der Waals surface area (Å²) in [6.07, 6.45) is 11.4. The van der Waals surface area contributed by atoms with E-state index in [-0.39, 0.29) is 61.1 Å². The zero-order valence-electron chi connectivity index (χ0n) is 28.3. The van der Waals surface area contributed by atoms with Crippen molar-refractivity contribution in [2.45, 2.75) is 94.5 Å². The average molecular weight is 714 g/mol. The molecule has 2 saturated carbocycles. The van der Waals surface area contributed by atoms with Gasteiger partial charge in [-0.25, -0.2) is 9.78 Å². The van der Waals surface area contributed by atoms with Crippen LogP contribution in [0.25, 0.3) is 22.3 Å². The number of amides is 1. The van der Waals surface area contributed by atoms with Crippen LogP contribution in [0, 0.1) is 0 Å². The van der Waals surface area contributed by atoms with E-state index in [2.05, 4.69) is 11.4 Å². The third kappa shape index (κ3) is 7.21. The topological polar surface area (TPSA) is 107 Å². The van der Waals surface area contributed by atoms with Gasteiger partial charge in [-0.1, -0.05) is 74.6 Å². The first-order chi connectivity index (χ1) is 23.0. The predicted octanol–water partition coefficient (Wildman–Crippen LogP) is 6.01. The smallest absolute Gasteiger partial charge is 0.329 e. The maximum absolute atomic E-state index is 14.6. The molecule has 0 bridgehead atoms. The second-order valence-corrected chi connectivity index (χ2v) is 13.7. The Morgan fingerprint density at radius 2 is 1.69 bits per heavy atom. The fourth-order valence-electron chi connectivity index (χ4n) is 8.50. The van der Waals surface area contributed by atoms with Crippen LogP contribution in [-0.4, -0.2) is 79.6 Å². The number of carbonyl (C=O) groups excluding carboxylic acids is 1. The number of rotatable bonds is 9. The molecule has 3 atom stereocenters. The van der Waals surface area contributed by atoms with E-state index in [4.69, 9.17) is 9.72 Å². The van der Waals surface area contributed by atoms with Crippen LogP contribution in [0.3, 0.4) is 0 Å². The van der Waals surface area contributed by atoms with Crippen molar-refractivity contribution in [1.82, 2.24) is 28.9 Å². The van der Waals surface area contributed by atoms with E-state index in [1.807, 2.05) is 67.1 Å². The fourth-order valence-corrected chi connectivity index (χ4v) is 8.50. The lowest BCUT2D eigenvalue weighted by molar-refractivity contribution is -0.0893. The van der Waals surface area contributed by atoms with Crippen LogP contribution in [-0.2, 0) is 11.3 Å². The van der Waals surface area contributed by atoms with Crippen LogP contribution >= 0.6 is 24.8 Å². The predicted molar refractivity (Wildman–Crippen MR) is 197 cm³/mol. The molecule has 2 aliphatic carbocycles. The highest BCUT2D eigenvalue weighted by Crippen LogP contribution is 2.41. The third-order valence-corrected chi connectivity index (χ3v) is 10.8. The Hall–Kier alpha value is -3.15. The van der Waals surface area contributed by atoms with Crippen LogP contribution in [0.4, 0.5) is 0 Å². The van der Waals surface area contributed by atoms with Gasteiger partial charge in [-0.2, -0.15) is 0 Å². The molecule has 2 aromatic heterocycles. The molecule has 2 aromatic carbocycles. The maximum Gasteiger partial charge on any atom is 0.329 e. The summed E-state index contributed by atoms with van der Waals surface area (Å²) in [5.41, 5.74) is 3.02. The van der Waals surface area contributed by atoms with Gasteiger partial charge in [-0.15, -0.1) is 24.8 Å². The second-order valence-electron chi connectivity index (χ2n) is 13.7. The van der Waals surface area contributed by atoms with Gasteiger partial charge in [0.15, 0.2) is 5.69 Å². The SMILES string of the molecule is COC[C@]1(O)CCCC[C@H]1n1cnc(C(=O)N2CCNC[C@H]2CCn2c(=O)n(C3CCCCC3)c3ccccc32)c1-c1ccccc1.Cl.Cl. The summed E-state index contributed by atoms with van der Waals surface area (Å²) in [6.45, 7) is 2.66. The first-order valence-corrected chi connectivity index (χ1v) is 17.5. The van der Waals surface area contributed by atoms with Gasteiger partial charge in [0.2, 0.25) is 0 Å². The molecule has 7 rings (SSSR count). The minimum absolute atomic E-state index is 0. The highest BCUT2D eigenvalue weighted by molar-refractivity contribution is 5.98. The molecule has 3 fully saturated rings. The first-order valence-electron chi connectivity index (χ1n) is 17.5. The normalized spacial score (nSPS) is 23.2. The number of imidazole rings is 2. The van der Waals surface area contributed by atoms with Crippen LogP contribution in [0.15, 0.2) is 65.7 Å². The Labute approximate surface area is 300 Å². The van der Waals surface area contributed by atoms with Crippen molar-refractivity contribution in [3.63, 3.8) is 0 Å². The number of fused-ring (bicyclic) bond motifs is 1. The summed E-state index contributed by atoms with van der Waals surface area (Å²) >= 11 is 0. The highest BCUT2D eigenvalue weighted by Gasteiger charge is 2.42. The molecule has 3 heterocycles. The van der Waals surface area contributed by atoms with Gasteiger partial charge in [0.1, 0.15) is 5.60 Å². The number of aliphatic hydroxyl groups is 1. The Bertz CT molecular complexity index is 1750. The summed E-state index contributed by atoms with van der Waals surface area (Å²) in [7, 11) is 1.62. The van der Waals surface area contributed by atoms with Crippen LogP contribution < -0.4 is 11.0 Å². The molecule has 0 radical (unpaired) electrons. The van der Waals surface area contributed by atoms with Crippen molar-refractivity contribution in [2.75, 3.05) is 33.4 Å². The lowest BCUT2D eigenvalue weighted by atomic mass is 9.80. The average Bonchev–Trinajstić information content (AvgIpc) is 3.66. The number of nitrogens with zero attached hydrogens (tertiary/aromatic N) is 5. The number of carbonyl (C=O) groups is 1. The van der Waals surface area contributed by atoms with Gasteiger partial charge < -0.3 is 24.6 Å². The molecule has 3 aliphatic rings. The molecule has 0 spiro atoms. The number of benzene rings is 2. The van der Waals surface area contributed by atoms with E-state index in [0.29, 0.717) is 44.7 Å². The summed E-state index contributed by atoms with van der Waals surface area (Å²) in [5.74, 6) is -0.114. The lowest BCUT2D eigenvalue weighted by Crippen LogP contribution is -2.54. The Kier molecular flexibility index (Phi) is 12.3. The molecule has 2 N–H and O–H groups in total. The number of methoxy groups -OCH3 is 1. The maximum atomic E-state index is 14.6.